The van der Waals surface area contributed by atoms with Gasteiger partial charge in [-0.15, -0.1) is 0 Å². The molecular formula is C12H26O. The average molecular weight is 186 g/mol. The molecule has 13 heavy (non-hydrogen) atoms. The average Bonchev–Trinajstić information content (AvgIpc) is 2.11. The Bertz CT molecular complexity index is 89.3. The van der Waals surface area contributed by atoms with E-state index in [1.54, 1.807) is 0 Å². The molecule has 1 nitrogen and oxygen atoms in total. The van der Waals surface area contributed by atoms with Crippen molar-refractivity contribution in [3.05, 3.63) is 0 Å². The maximum atomic E-state index is 5.85. The van der Waals surface area contributed by atoms with E-state index in [1.807, 2.05) is 0 Å². The molecule has 0 unspecified atom stereocenters. The molecule has 80 valence electrons. The van der Waals surface area contributed by atoms with E-state index in [1.165, 1.54) is 38.5 Å². The molecule has 0 rings (SSSR count). The lowest BCUT2D eigenvalue weighted by Crippen LogP contribution is -2.16. The van der Waals surface area contributed by atoms with Crippen molar-refractivity contribution in [2.75, 3.05) is 0 Å². The molecule has 0 bridgehead atoms. The van der Waals surface area contributed by atoms with Crippen molar-refractivity contribution in [2.45, 2.75) is 78.4 Å². The van der Waals surface area contributed by atoms with Crippen molar-refractivity contribution >= 4 is 0 Å². The van der Waals surface area contributed by atoms with Crippen LogP contribution in [0.1, 0.15) is 66.2 Å². The van der Waals surface area contributed by atoms with E-state index in [0.29, 0.717) is 12.2 Å². The number of unbranched alkanes of at least 4 members (excludes halogenated alkanes) is 2. The highest BCUT2D eigenvalue weighted by Gasteiger charge is 2.07. The molecule has 0 aliphatic heterocycles. The Labute approximate surface area is 83.9 Å². The summed E-state index contributed by atoms with van der Waals surface area (Å²) in [6, 6.07) is 0. The molecule has 0 aliphatic carbocycles. The van der Waals surface area contributed by atoms with Crippen LogP contribution in [0.25, 0.3) is 0 Å². The molecule has 0 spiro atoms. The molecule has 2 atom stereocenters. The normalized spacial score (nSPS) is 15.7. The molecule has 0 heterocycles. The van der Waals surface area contributed by atoms with Gasteiger partial charge in [0.15, 0.2) is 0 Å². The molecule has 0 fully saturated rings. The second kappa shape index (κ2) is 8.55. The third kappa shape index (κ3) is 8.29. The van der Waals surface area contributed by atoms with E-state index in [0.717, 1.165) is 0 Å². The zero-order valence-corrected chi connectivity index (χ0v) is 9.81. The number of ether oxygens (including phenoxy) is 1. The largest absolute Gasteiger partial charge is 0.376 e. The molecule has 0 N–H and O–H groups in total. The van der Waals surface area contributed by atoms with Gasteiger partial charge in [0, 0.05) is 0 Å². The quantitative estimate of drug-likeness (QED) is 0.553. The molecule has 0 saturated carbocycles. The lowest BCUT2D eigenvalue weighted by atomic mass is 10.1. The van der Waals surface area contributed by atoms with E-state index in [9.17, 15) is 0 Å². The second-order valence-corrected chi connectivity index (χ2v) is 4.04. The van der Waals surface area contributed by atoms with Gasteiger partial charge < -0.3 is 4.74 Å². The van der Waals surface area contributed by atoms with Crippen LogP contribution in [-0.2, 0) is 4.74 Å². The minimum atomic E-state index is 0.451. The minimum Gasteiger partial charge on any atom is -0.376 e. The van der Waals surface area contributed by atoms with Crippen LogP contribution in [0.2, 0.25) is 0 Å². The van der Waals surface area contributed by atoms with Crippen LogP contribution in [0.3, 0.4) is 0 Å². The van der Waals surface area contributed by atoms with Gasteiger partial charge in [0.25, 0.3) is 0 Å². The topological polar surface area (TPSA) is 9.23 Å². The van der Waals surface area contributed by atoms with Crippen LogP contribution >= 0.6 is 0 Å². The molecule has 0 aromatic rings. The highest BCUT2D eigenvalue weighted by molar-refractivity contribution is 4.56. The third-order valence-electron chi connectivity index (χ3n) is 2.39. The van der Waals surface area contributed by atoms with Crippen LogP contribution in [-0.4, -0.2) is 12.2 Å². The summed E-state index contributed by atoms with van der Waals surface area (Å²) >= 11 is 0. The van der Waals surface area contributed by atoms with Crippen molar-refractivity contribution < 1.29 is 4.74 Å². The molecule has 0 radical (unpaired) electrons. The lowest BCUT2D eigenvalue weighted by Gasteiger charge is -2.18. The van der Waals surface area contributed by atoms with Crippen molar-refractivity contribution in [2.24, 2.45) is 0 Å². The Morgan fingerprint density at radius 3 is 1.54 bits per heavy atom. The summed E-state index contributed by atoms with van der Waals surface area (Å²) in [7, 11) is 0. The van der Waals surface area contributed by atoms with Crippen LogP contribution in [0, 0.1) is 0 Å². The van der Waals surface area contributed by atoms with Gasteiger partial charge in [0.2, 0.25) is 0 Å². The lowest BCUT2D eigenvalue weighted by molar-refractivity contribution is -0.00188. The third-order valence-corrected chi connectivity index (χ3v) is 2.39. The zero-order chi connectivity index (χ0) is 10.1. The summed E-state index contributed by atoms with van der Waals surface area (Å²) in [4.78, 5) is 0. The summed E-state index contributed by atoms with van der Waals surface area (Å²) < 4.78 is 5.85. The highest BCUT2D eigenvalue weighted by Crippen LogP contribution is 2.10. The SMILES string of the molecule is CCCC[C@@H](C)O[C@@H](C)CCCC. The Balaban J connectivity index is 3.35. The second-order valence-electron chi connectivity index (χ2n) is 4.04. The Hall–Kier alpha value is -0.0400. The van der Waals surface area contributed by atoms with Crippen LogP contribution < -0.4 is 0 Å². The van der Waals surface area contributed by atoms with E-state index in [4.69, 9.17) is 4.74 Å². The molecular weight excluding hydrogens is 160 g/mol. The van der Waals surface area contributed by atoms with E-state index in [2.05, 4.69) is 27.7 Å². The summed E-state index contributed by atoms with van der Waals surface area (Å²) in [6.07, 6.45) is 8.47. The summed E-state index contributed by atoms with van der Waals surface area (Å²) in [5.41, 5.74) is 0. The Kier molecular flexibility index (Phi) is 8.53. The maximum Gasteiger partial charge on any atom is 0.0550 e. The maximum absolute atomic E-state index is 5.85. The van der Waals surface area contributed by atoms with Gasteiger partial charge in [-0.3, -0.25) is 0 Å². The molecule has 1 heteroatoms. The van der Waals surface area contributed by atoms with E-state index >= 15 is 0 Å². The first kappa shape index (κ1) is 13.0. The molecule has 0 aromatic carbocycles. The monoisotopic (exact) mass is 186 g/mol. The highest BCUT2D eigenvalue weighted by atomic mass is 16.5. The summed E-state index contributed by atoms with van der Waals surface area (Å²) in [6.45, 7) is 8.84. The Morgan fingerprint density at radius 2 is 1.23 bits per heavy atom. The molecule has 0 amide bonds. The predicted octanol–water partition coefficient (Wildman–Crippen LogP) is 4.16. The smallest absolute Gasteiger partial charge is 0.0550 e. The fraction of sp³-hybridized carbons (Fsp3) is 1.00. The van der Waals surface area contributed by atoms with Crippen molar-refractivity contribution in [1.82, 2.24) is 0 Å². The van der Waals surface area contributed by atoms with Crippen LogP contribution in [0.15, 0.2) is 0 Å². The molecule has 0 aromatic heterocycles. The van der Waals surface area contributed by atoms with Crippen LogP contribution in [0.4, 0.5) is 0 Å². The first-order valence-electron chi connectivity index (χ1n) is 5.86. The molecule has 0 saturated heterocycles. The van der Waals surface area contributed by atoms with Gasteiger partial charge in [0.1, 0.15) is 0 Å². The number of hydrogen-bond acceptors (Lipinski definition) is 1. The van der Waals surface area contributed by atoms with Gasteiger partial charge in [0.05, 0.1) is 12.2 Å². The Morgan fingerprint density at radius 1 is 0.846 bits per heavy atom. The fourth-order valence-electron chi connectivity index (χ4n) is 1.52. The summed E-state index contributed by atoms with van der Waals surface area (Å²) in [5, 5.41) is 0. The number of rotatable bonds is 8. The van der Waals surface area contributed by atoms with Crippen LogP contribution in [0.5, 0.6) is 0 Å². The first-order chi connectivity index (χ1) is 6.20. The molecule has 0 aliphatic rings. The van der Waals surface area contributed by atoms with Gasteiger partial charge in [-0.2, -0.15) is 0 Å². The minimum absolute atomic E-state index is 0.451. The number of hydrogen-bond donors (Lipinski definition) is 0. The first-order valence-corrected chi connectivity index (χ1v) is 5.86. The van der Waals surface area contributed by atoms with Gasteiger partial charge in [-0.1, -0.05) is 39.5 Å². The van der Waals surface area contributed by atoms with Crippen molar-refractivity contribution in [3.63, 3.8) is 0 Å². The van der Waals surface area contributed by atoms with Gasteiger partial charge in [-0.05, 0) is 26.7 Å². The zero-order valence-electron chi connectivity index (χ0n) is 9.81. The fourth-order valence-corrected chi connectivity index (χ4v) is 1.52. The predicted molar refractivity (Wildman–Crippen MR) is 59.1 cm³/mol. The van der Waals surface area contributed by atoms with E-state index in [-0.39, 0.29) is 0 Å². The summed E-state index contributed by atoms with van der Waals surface area (Å²) in [5.74, 6) is 0. The van der Waals surface area contributed by atoms with Gasteiger partial charge in [-0.25, -0.2) is 0 Å². The van der Waals surface area contributed by atoms with Gasteiger partial charge >= 0.3 is 0 Å². The van der Waals surface area contributed by atoms with Crippen molar-refractivity contribution in [3.8, 4) is 0 Å². The standard InChI is InChI=1S/C12H26O/c1-5-7-9-11(3)13-12(4)10-8-6-2/h11-12H,5-10H2,1-4H3/t11-,12+. The van der Waals surface area contributed by atoms with E-state index < -0.39 is 0 Å². The van der Waals surface area contributed by atoms with Crippen molar-refractivity contribution in [1.29, 1.82) is 0 Å².